The van der Waals surface area contributed by atoms with Crippen molar-refractivity contribution in [2.45, 2.75) is 13.5 Å². The van der Waals surface area contributed by atoms with Gasteiger partial charge in [-0.1, -0.05) is 29.8 Å². The van der Waals surface area contributed by atoms with Crippen LogP contribution in [0.3, 0.4) is 0 Å². The van der Waals surface area contributed by atoms with Gasteiger partial charge in [-0.05, 0) is 54.5 Å². The van der Waals surface area contributed by atoms with Crippen molar-refractivity contribution in [2.75, 3.05) is 0 Å². The Bertz CT molecular complexity index is 1280. The summed E-state index contributed by atoms with van der Waals surface area (Å²) in [4.78, 5) is 31.0. The van der Waals surface area contributed by atoms with Crippen molar-refractivity contribution in [3.8, 4) is 17.4 Å². The molecule has 1 aliphatic rings. The van der Waals surface area contributed by atoms with Gasteiger partial charge in [0.05, 0.1) is 6.54 Å². The van der Waals surface area contributed by atoms with E-state index in [0.717, 1.165) is 10.5 Å². The van der Waals surface area contributed by atoms with Gasteiger partial charge in [-0.15, -0.1) is 0 Å². The van der Waals surface area contributed by atoms with E-state index in [-0.39, 0.29) is 17.7 Å². The van der Waals surface area contributed by atoms with Gasteiger partial charge < -0.3 is 4.42 Å². The number of nitrogens with zero attached hydrogens (tertiary/aromatic N) is 3. The second kappa shape index (κ2) is 8.42. The van der Waals surface area contributed by atoms with Crippen LogP contribution < -0.4 is 0 Å². The Balaban J connectivity index is 1.72. The number of hydrogen-bond donors (Lipinski definition) is 0. The smallest absolute Gasteiger partial charge is 0.271 e. The van der Waals surface area contributed by atoms with Crippen molar-refractivity contribution in [3.63, 3.8) is 0 Å². The van der Waals surface area contributed by atoms with Gasteiger partial charge in [-0.3, -0.25) is 19.5 Å². The Morgan fingerprint density at radius 1 is 1.16 bits per heavy atom. The van der Waals surface area contributed by atoms with Crippen LogP contribution in [0.15, 0.2) is 82.1 Å². The number of imide groups is 1. The molecular weight excluding hydrogens is 414 g/mol. The molecule has 0 atom stereocenters. The molecule has 31 heavy (non-hydrogen) atoms. The van der Waals surface area contributed by atoms with Crippen LogP contribution in [0.2, 0.25) is 5.02 Å². The SMILES string of the molecule is CC1=C(C#N)C(=O)N(Cc2cccnc2)C(=O)/C1=C/c1ccc(-c2cccc(Cl)c2)o1. The minimum absolute atomic E-state index is 0.0211. The molecule has 0 radical (unpaired) electrons. The average molecular weight is 430 g/mol. The Morgan fingerprint density at radius 3 is 2.71 bits per heavy atom. The summed E-state index contributed by atoms with van der Waals surface area (Å²) in [6, 6.07) is 16.1. The lowest BCUT2D eigenvalue weighted by Crippen LogP contribution is -2.42. The van der Waals surface area contributed by atoms with Crippen LogP contribution in [0.4, 0.5) is 0 Å². The second-order valence-electron chi connectivity index (χ2n) is 6.94. The van der Waals surface area contributed by atoms with E-state index in [1.54, 1.807) is 61.8 Å². The molecule has 3 heterocycles. The van der Waals surface area contributed by atoms with E-state index in [0.29, 0.717) is 27.7 Å². The van der Waals surface area contributed by atoms with Gasteiger partial charge in [0.25, 0.3) is 11.8 Å². The van der Waals surface area contributed by atoms with Crippen LogP contribution >= 0.6 is 11.6 Å². The van der Waals surface area contributed by atoms with Crippen LogP contribution in [0.1, 0.15) is 18.2 Å². The summed E-state index contributed by atoms with van der Waals surface area (Å²) in [7, 11) is 0. The predicted molar refractivity (Wildman–Crippen MR) is 115 cm³/mol. The number of pyridine rings is 1. The molecule has 1 aliphatic heterocycles. The number of nitriles is 1. The topological polar surface area (TPSA) is 87.2 Å². The molecule has 152 valence electrons. The van der Waals surface area contributed by atoms with Crippen molar-refractivity contribution in [3.05, 3.63) is 94.0 Å². The summed E-state index contributed by atoms with van der Waals surface area (Å²) < 4.78 is 5.87. The van der Waals surface area contributed by atoms with E-state index in [9.17, 15) is 14.9 Å². The highest BCUT2D eigenvalue weighted by molar-refractivity contribution is 6.30. The quantitative estimate of drug-likeness (QED) is 0.439. The monoisotopic (exact) mass is 429 g/mol. The van der Waals surface area contributed by atoms with Crippen LogP contribution in [0, 0.1) is 11.3 Å². The third-order valence-electron chi connectivity index (χ3n) is 4.91. The number of benzene rings is 1. The van der Waals surface area contributed by atoms with E-state index in [4.69, 9.17) is 16.0 Å². The summed E-state index contributed by atoms with van der Waals surface area (Å²) in [6.07, 6.45) is 4.73. The van der Waals surface area contributed by atoms with E-state index >= 15 is 0 Å². The first kappa shape index (κ1) is 20.3. The van der Waals surface area contributed by atoms with Crippen molar-refractivity contribution < 1.29 is 14.0 Å². The van der Waals surface area contributed by atoms with Crippen molar-refractivity contribution >= 4 is 29.5 Å². The number of amides is 2. The first-order chi connectivity index (χ1) is 15.0. The van der Waals surface area contributed by atoms with E-state index < -0.39 is 11.8 Å². The predicted octanol–water partition coefficient (Wildman–Crippen LogP) is 4.79. The Morgan fingerprint density at radius 2 is 2.00 bits per heavy atom. The lowest BCUT2D eigenvalue weighted by Gasteiger charge is -2.27. The molecule has 4 rings (SSSR count). The summed E-state index contributed by atoms with van der Waals surface area (Å²) >= 11 is 6.05. The first-order valence-electron chi connectivity index (χ1n) is 9.42. The van der Waals surface area contributed by atoms with E-state index in [1.807, 2.05) is 18.2 Å². The molecule has 0 spiro atoms. The van der Waals surface area contributed by atoms with Crippen molar-refractivity contribution in [2.24, 2.45) is 0 Å². The van der Waals surface area contributed by atoms with Crippen LogP contribution in [-0.4, -0.2) is 21.7 Å². The van der Waals surface area contributed by atoms with Gasteiger partial charge >= 0.3 is 0 Å². The van der Waals surface area contributed by atoms with E-state index in [2.05, 4.69) is 4.98 Å². The molecule has 0 bridgehead atoms. The van der Waals surface area contributed by atoms with Gasteiger partial charge in [0.1, 0.15) is 23.2 Å². The Hall–Kier alpha value is -3.95. The minimum atomic E-state index is -0.620. The fraction of sp³-hybridized carbons (Fsp3) is 0.0833. The Kier molecular flexibility index (Phi) is 5.52. The number of carbonyl (C=O) groups excluding carboxylic acids is 2. The zero-order valence-electron chi connectivity index (χ0n) is 16.5. The molecule has 6 nitrogen and oxygen atoms in total. The third kappa shape index (κ3) is 4.04. The highest BCUT2D eigenvalue weighted by Gasteiger charge is 2.35. The zero-order chi connectivity index (χ0) is 22.0. The molecule has 0 unspecified atom stereocenters. The zero-order valence-corrected chi connectivity index (χ0v) is 17.3. The largest absolute Gasteiger partial charge is 0.457 e. The van der Waals surface area contributed by atoms with Gasteiger partial charge in [0, 0.05) is 28.6 Å². The summed E-state index contributed by atoms with van der Waals surface area (Å²) in [5.41, 5.74) is 1.95. The second-order valence-corrected chi connectivity index (χ2v) is 7.38. The number of hydrogen-bond acceptors (Lipinski definition) is 5. The summed E-state index contributed by atoms with van der Waals surface area (Å²) in [6.45, 7) is 1.61. The molecule has 7 heteroatoms. The molecule has 1 aromatic carbocycles. The number of carbonyl (C=O) groups is 2. The maximum Gasteiger partial charge on any atom is 0.271 e. The third-order valence-corrected chi connectivity index (χ3v) is 5.15. The maximum atomic E-state index is 13.2. The van der Waals surface area contributed by atoms with Gasteiger partial charge in [-0.25, -0.2) is 0 Å². The lowest BCUT2D eigenvalue weighted by molar-refractivity contribution is -0.141. The van der Waals surface area contributed by atoms with Crippen molar-refractivity contribution in [1.29, 1.82) is 5.26 Å². The molecule has 0 fully saturated rings. The van der Waals surface area contributed by atoms with Crippen LogP contribution in [-0.2, 0) is 16.1 Å². The molecule has 0 N–H and O–H groups in total. The average Bonchev–Trinajstić information content (AvgIpc) is 3.24. The summed E-state index contributed by atoms with van der Waals surface area (Å²) in [5, 5.41) is 10.1. The fourth-order valence-corrected chi connectivity index (χ4v) is 3.51. The van der Waals surface area contributed by atoms with Gasteiger partial charge in [-0.2, -0.15) is 5.26 Å². The highest BCUT2D eigenvalue weighted by atomic mass is 35.5. The van der Waals surface area contributed by atoms with Gasteiger partial charge in [0.15, 0.2) is 0 Å². The van der Waals surface area contributed by atoms with Crippen LogP contribution in [0.25, 0.3) is 17.4 Å². The number of aromatic nitrogens is 1. The molecule has 0 aliphatic carbocycles. The number of furan rings is 1. The minimum Gasteiger partial charge on any atom is -0.457 e. The molecule has 0 saturated carbocycles. The molecule has 3 aromatic rings. The van der Waals surface area contributed by atoms with Gasteiger partial charge in [0.2, 0.25) is 0 Å². The molecular formula is C24H16ClN3O3. The standard InChI is InChI=1S/C24H16ClN3O3/c1-15-20(11-19-7-8-22(31-19)17-5-2-6-18(25)10-17)23(29)28(24(30)21(15)12-26)14-16-4-3-9-27-13-16/h2-11,13H,14H2,1H3/b20-11+. The first-order valence-corrected chi connectivity index (χ1v) is 9.79. The molecule has 0 saturated heterocycles. The van der Waals surface area contributed by atoms with Crippen molar-refractivity contribution in [1.82, 2.24) is 9.88 Å². The van der Waals surface area contributed by atoms with Crippen LogP contribution in [0.5, 0.6) is 0 Å². The summed E-state index contributed by atoms with van der Waals surface area (Å²) in [5.74, 6) is -0.107. The fourth-order valence-electron chi connectivity index (χ4n) is 3.32. The normalized spacial score (nSPS) is 15.5. The maximum absolute atomic E-state index is 13.2. The Labute approximate surface area is 183 Å². The number of rotatable bonds is 4. The number of halogens is 1. The highest BCUT2D eigenvalue weighted by Crippen LogP contribution is 2.30. The lowest BCUT2D eigenvalue weighted by atomic mass is 9.94. The molecule has 2 amide bonds. The molecule has 2 aromatic heterocycles. The van der Waals surface area contributed by atoms with E-state index in [1.165, 1.54) is 0 Å².